The van der Waals surface area contributed by atoms with E-state index in [-0.39, 0.29) is 34.3 Å². The molecule has 2 atom stereocenters. The third-order valence-electron chi connectivity index (χ3n) is 10.1. The SMILES string of the molecule is COc1ccc(C(NC(=O)c2cnc(-c3ccccn3)nc2O)c2ccc(O[PH](=O)Oc3ccc(C(NC(=O)c4cnc(-c5ccccn5)nc4O)c4ccc(OC)cc4)cc3)cc2)cc1. The molecule has 8 aromatic rings. The Bertz CT molecular complexity index is 2770. The Kier molecular flexibility index (Phi) is 13.5. The number of benzene rings is 4. The van der Waals surface area contributed by atoms with Gasteiger partial charge in [-0.25, -0.2) is 14.5 Å². The van der Waals surface area contributed by atoms with Crippen LogP contribution in [0.3, 0.4) is 0 Å². The average molecular weight is 903 g/mol. The lowest BCUT2D eigenvalue weighted by atomic mass is 9.98. The van der Waals surface area contributed by atoms with Gasteiger partial charge in [0.2, 0.25) is 11.8 Å². The third kappa shape index (κ3) is 10.4. The van der Waals surface area contributed by atoms with E-state index in [0.29, 0.717) is 45.1 Å². The lowest BCUT2D eigenvalue weighted by Gasteiger charge is -2.21. The van der Waals surface area contributed by atoms with Crippen LogP contribution in [0.4, 0.5) is 0 Å². The summed E-state index contributed by atoms with van der Waals surface area (Å²) in [5, 5.41) is 27.4. The van der Waals surface area contributed by atoms with Crippen molar-refractivity contribution < 1.29 is 42.9 Å². The first-order valence-electron chi connectivity index (χ1n) is 20.1. The highest BCUT2D eigenvalue weighted by atomic mass is 31.1. The molecule has 17 nitrogen and oxygen atoms in total. The summed E-state index contributed by atoms with van der Waals surface area (Å²) in [5.41, 5.74) is 3.23. The van der Waals surface area contributed by atoms with Crippen LogP contribution in [0.5, 0.6) is 34.8 Å². The summed E-state index contributed by atoms with van der Waals surface area (Å²) in [7, 11) is -0.0555. The molecule has 0 spiro atoms. The normalized spacial score (nSPS) is 12.2. The van der Waals surface area contributed by atoms with Crippen molar-refractivity contribution in [3.63, 3.8) is 0 Å². The zero-order valence-corrected chi connectivity index (χ0v) is 36.1. The fraction of sp³-hybridized carbons (Fsp3) is 0.0833. The molecule has 18 heteroatoms. The van der Waals surface area contributed by atoms with E-state index in [4.69, 9.17) is 18.5 Å². The number of ether oxygens (including phenoxy) is 2. The molecule has 8 rings (SSSR count). The highest BCUT2D eigenvalue weighted by Crippen LogP contribution is 2.34. The number of carbonyl (C=O) groups is 2. The number of hydrogen-bond acceptors (Lipinski definition) is 15. The van der Waals surface area contributed by atoms with Crippen molar-refractivity contribution in [2.24, 2.45) is 0 Å². The summed E-state index contributed by atoms with van der Waals surface area (Å²) in [6.07, 6.45) is 5.61. The minimum atomic E-state index is -3.15. The third-order valence-corrected chi connectivity index (χ3v) is 10.9. The van der Waals surface area contributed by atoms with Crippen molar-refractivity contribution >= 4 is 20.1 Å². The highest BCUT2D eigenvalue weighted by molar-refractivity contribution is 7.34. The molecule has 4 N–H and O–H groups in total. The number of methoxy groups -OCH3 is 2. The number of rotatable bonds is 16. The zero-order valence-electron chi connectivity index (χ0n) is 35.1. The van der Waals surface area contributed by atoms with E-state index >= 15 is 0 Å². The fourth-order valence-corrected chi connectivity index (χ4v) is 7.40. The van der Waals surface area contributed by atoms with E-state index in [1.807, 2.05) is 0 Å². The van der Waals surface area contributed by atoms with Crippen LogP contribution in [0.1, 0.15) is 55.1 Å². The van der Waals surface area contributed by atoms with E-state index in [0.717, 1.165) is 0 Å². The van der Waals surface area contributed by atoms with Gasteiger partial charge < -0.3 is 39.4 Å². The molecule has 2 amide bonds. The van der Waals surface area contributed by atoms with Gasteiger partial charge in [-0.2, -0.15) is 9.97 Å². The molecule has 66 heavy (non-hydrogen) atoms. The Morgan fingerprint density at radius 2 is 0.848 bits per heavy atom. The van der Waals surface area contributed by atoms with Gasteiger partial charge in [0.1, 0.15) is 45.5 Å². The van der Waals surface area contributed by atoms with Gasteiger partial charge in [0.25, 0.3) is 11.8 Å². The predicted octanol–water partition coefficient (Wildman–Crippen LogP) is 7.71. The second kappa shape index (κ2) is 20.2. The topological polar surface area (TPSA) is 230 Å². The van der Waals surface area contributed by atoms with Crippen LogP contribution in [0.25, 0.3) is 23.0 Å². The molecule has 0 aliphatic heterocycles. The van der Waals surface area contributed by atoms with Crippen LogP contribution < -0.4 is 29.2 Å². The summed E-state index contributed by atoms with van der Waals surface area (Å²) in [4.78, 5) is 52.2. The Morgan fingerprint density at radius 3 is 1.15 bits per heavy atom. The highest BCUT2D eigenvalue weighted by Gasteiger charge is 2.24. The number of aromatic nitrogens is 6. The standard InChI is InChI=1S/C48H39N8O9P/c1-62-33-17-9-29(10-18-33)41(53-45(57)37-27-51-43(55-47(37)59)39-7-3-5-25-49-39)31-13-21-35(22-14-31)64-66(61)65-36-23-15-32(16-24-36)42(30-11-19-34(63-2)20-12-30)54-46(58)38-28-52-44(56-48(38)60)40-8-4-6-26-50-40/h3-28,41-42,66H,1-2H3,(H,53,57)(H,54,58)(H,51,55,59)(H,52,56,60). The average Bonchev–Trinajstić information content (AvgIpc) is 3.36. The minimum Gasteiger partial charge on any atom is -0.497 e. The van der Waals surface area contributed by atoms with Crippen LogP contribution in [0, 0.1) is 0 Å². The van der Waals surface area contributed by atoms with Gasteiger partial charge in [-0.1, -0.05) is 60.7 Å². The molecule has 0 radical (unpaired) electrons. The predicted molar refractivity (Wildman–Crippen MR) is 242 cm³/mol. The van der Waals surface area contributed by atoms with E-state index in [1.165, 1.54) is 12.4 Å². The number of carbonyl (C=O) groups excluding carboxylic acids is 2. The first-order valence-corrected chi connectivity index (χ1v) is 21.3. The number of nitrogens with zero attached hydrogens (tertiary/aromatic N) is 6. The van der Waals surface area contributed by atoms with Crippen molar-refractivity contribution in [1.29, 1.82) is 0 Å². The quantitative estimate of drug-likeness (QED) is 0.0681. The molecule has 0 aliphatic rings. The summed E-state index contributed by atoms with van der Waals surface area (Å²) in [6.45, 7) is 0. The van der Waals surface area contributed by atoms with Crippen LogP contribution in [-0.2, 0) is 4.57 Å². The minimum absolute atomic E-state index is 0.142. The van der Waals surface area contributed by atoms with Crippen molar-refractivity contribution in [1.82, 2.24) is 40.5 Å². The molecular formula is C48H39N8O9P. The Hall–Kier alpha value is -8.69. The summed E-state index contributed by atoms with van der Waals surface area (Å²) >= 11 is 0. The van der Waals surface area contributed by atoms with Crippen LogP contribution in [-0.4, -0.2) is 66.2 Å². The van der Waals surface area contributed by atoms with Crippen molar-refractivity contribution in [2.45, 2.75) is 12.1 Å². The molecule has 4 aromatic carbocycles. The van der Waals surface area contributed by atoms with Gasteiger partial charge in [0.05, 0.1) is 26.3 Å². The number of hydrogen-bond donors (Lipinski definition) is 4. The molecule has 4 heterocycles. The number of amides is 2. The van der Waals surface area contributed by atoms with E-state index in [2.05, 4.69) is 40.5 Å². The van der Waals surface area contributed by atoms with E-state index < -0.39 is 43.9 Å². The largest absolute Gasteiger partial charge is 0.497 e. The summed E-state index contributed by atoms with van der Waals surface area (Å²) in [6, 6.07) is 36.3. The molecular weight excluding hydrogens is 864 g/mol. The molecule has 4 aromatic heterocycles. The first-order chi connectivity index (χ1) is 32.1. The molecule has 0 fully saturated rings. The van der Waals surface area contributed by atoms with E-state index in [9.17, 15) is 24.4 Å². The van der Waals surface area contributed by atoms with Crippen molar-refractivity contribution in [3.8, 4) is 57.8 Å². The number of pyridine rings is 2. The molecule has 2 unspecified atom stereocenters. The Morgan fingerprint density at radius 1 is 0.500 bits per heavy atom. The molecule has 0 saturated heterocycles. The van der Waals surface area contributed by atoms with Gasteiger partial charge in [-0.15, -0.1) is 0 Å². The second-order valence-corrected chi connectivity index (χ2v) is 15.2. The smallest absolute Gasteiger partial charge is 0.418 e. The Balaban J connectivity index is 0.952. The van der Waals surface area contributed by atoms with Gasteiger partial charge in [0, 0.05) is 24.8 Å². The lowest BCUT2D eigenvalue weighted by molar-refractivity contribution is 0.0930. The van der Waals surface area contributed by atoms with Crippen molar-refractivity contribution in [3.05, 3.63) is 192 Å². The molecule has 330 valence electrons. The molecule has 0 aliphatic carbocycles. The second-order valence-electron chi connectivity index (χ2n) is 14.2. The van der Waals surface area contributed by atoms with Crippen molar-refractivity contribution in [2.75, 3.05) is 14.2 Å². The van der Waals surface area contributed by atoms with Crippen LogP contribution >= 0.6 is 8.25 Å². The van der Waals surface area contributed by atoms with Crippen LogP contribution in [0.2, 0.25) is 0 Å². The van der Waals surface area contributed by atoms with Gasteiger partial charge in [0.15, 0.2) is 11.6 Å². The van der Waals surface area contributed by atoms with Gasteiger partial charge in [-0.3, -0.25) is 19.6 Å². The number of nitrogens with one attached hydrogen (secondary N) is 2. The fourth-order valence-electron chi connectivity index (χ4n) is 6.70. The van der Waals surface area contributed by atoms with Crippen LogP contribution in [0.15, 0.2) is 158 Å². The first kappa shape index (κ1) is 43.9. The summed E-state index contributed by atoms with van der Waals surface area (Å²) < 4.78 is 35.2. The lowest BCUT2D eigenvalue weighted by Crippen LogP contribution is -2.29. The van der Waals surface area contributed by atoms with Gasteiger partial charge >= 0.3 is 8.25 Å². The van der Waals surface area contributed by atoms with Gasteiger partial charge in [-0.05, 0) is 95.1 Å². The monoisotopic (exact) mass is 902 g/mol. The maximum absolute atomic E-state index is 13.6. The zero-order chi connectivity index (χ0) is 46.0. The maximum Gasteiger partial charge on any atom is 0.418 e. The number of aromatic hydroxyl groups is 2. The molecule has 0 saturated carbocycles. The maximum atomic E-state index is 13.6. The van der Waals surface area contributed by atoms with E-state index in [1.54, 1.807) is 160 Å². The molecule has 0 bridgehead atoms. The summed E-state index contributed by atoms with van der Waals surface area (Å²) in [5.74, 6) is -0.286. The Labute approximate surface area is 378 Å².